The average Bonchev–Trinajstić information content (AvgIpc) is 2.00. The zero-order chi connectivity index (χ0) is 13.4. The predicted molar refractivity (Wildman–Crippen MR) is 64.6 cm³/mol. The molecular formula is C9H23BF4NP. The van der Waals surface area contributed by atoms with Gasteiger partial charge in [0.15, 0.2) is 0 Å². The van der Waals surface area contributed by atoms with Gasteiger partial charge in [-0.05, 0) is 17.5 Å². The van der Waals surface area contributed by atoms with Crippen LogP contribution in [0.3, 0.4) is 0 Å². The molecule has 0 aromatic heterocycles. The Labute approximate surface area is 97.0 Å². The maximum atomic E-state index is 9.75. The number of hydrogen-bond donors (Lipinski definition) is 1. The van der Waals surface area contributed by atoms with Crippen LogP contribution in [0.25, 0.3) is 0 Å². The summed E-state index contributed by atoms with van der Waals surface area (Å²) in [6, 6.07) is 0. The van der Waals surface area contributed by atoms with Gasteiger partial charge >= 0.3 is 7.25 Å². The first-order valence-corrected chi connectivity index (χ1v) is 7.18. The van der Waals surface area contributed by atoms with Crippen LogP contribution in [0.15, 0.2) is 0 Å². The lowest BCUT2D eigenvalue weighted by Crippen LogP contribution is -2.50. The fourth-order valence-corrected chi connectivity index (χ4v) is 4.22. The van der Waals surface area contributed by atoms with Crippen molar-refractivity contribution in [1.29, 1.82) is 0 Å². The first-order valence-electron chi connectivity index (χ1n) is 5.51. The van der Waals surface area contributed by atoms with Gasteiger partial charge in [-0.25, -0.2) is 0 Å². The summed E-state index contributed by atoms with van der Waals surface area (Å²) in [6.07, 6.45) is 2.75. The van der Waals surface area contributed by atoms with Gasteiger partial charge in [-0.2, -0.15) is 0 Å². The largest absolute Gasteiger partial charge is 0.673 e. The van der Waals surface area contributed by atoms with Gasteiger partial charge in [-0.15, -0.1) is 7.92 Å². The van der Waals surface area contributed by atoms with Crippen molar-refractivity contribution in [3.8, 4) is 0 Å². The van der Waals surface area contributed by atoms with E-state index in [0.29, 0.717) is 0 Å². The highest BCUT2D eigenvalue weighted by atomic mass is 31.1. The molecule has 0 radical (unpaired) electrons. The SMILES string of the molecule is CC(C)P(CCC[NH3+])C(C)C.F[B-](F)(F)F. The Balaban J connectivity index is 0. The van der Waals surface area contributed by atoms with E-state index < -0.39 is 7.25 Å². The van der Waals surface area contributed by atoms with Crippen molar-refractivity contribution in [2.24, 2.45) is 0 Å². The van der Waals surface area contributed by atoms with Gasteiger partial charge < -0.3 is 23.0 Å². The smallest absolute Gasteiger partial charge is 0.418 e. The number of quaternary nitrogens is 1. The molecule has 0 spiro atoms. The van der Waals surface area contributed by atoms with Crippen molar-refractivity contribution < 1.29 is 23.0 Å². The van der Waals surface area contributed by atoms with Gasteiger partial charge in [-0.1, -0.05) is 27.7 Å². The molecule has 0 fully saturated rings. The maximum absolute atomic E-state index is 9.75. The zero-order valence-electron chi connectivity index (χ0n) is 10.5. The molecule has 0 saturated carbocycles. The normalized spacial score (nSPS) is 12.0. The minimum absolute atomic E-state index is 0.275. The fraction of sp³-hybridized carbons (Fsp3) is 1.00. The molecule has 100 valence electrons. The summed E-state index contributed by atoms with van der Waals surface area (Å²) in [4.78, 5) is 0. The van der Waals surface area contributed by atoms with Crippen LogP contribution in [0.5, 0.6) is 0 Å². The van der Waals surface area contributed by atoms with E-state index in [-0.39, 0.29) is 7.92 Å². The molecular weight excluding hydrogens is 240 g/mol. The lowest BCUT2D eigenvalue weighted by atomic mass is 10.3. The van der Waals surface area contributed by atoms with E-state index in [2.05, 4.69) is 33.4 Å². The van der Waals surface area contributed by atoms with Crippen LogP contribution in [0.4, 0.5) is 17.3 Å². The molecule has 0 bridgehead atoms. The Bertz CT molecular complexity index is 150. The van der Waals surface area contributed by atoms with Crippen LogP contribution in [-0.2, 0) is 0 Å². The summed E-state index contributed by atoms with van der Waals surface area (Å²) in [7, 11) is -5.72. The van der Waals surface area contributed by atoms with Crippen molar-refractivity contribution in [3.05, 3.63) is 0 Å². The topological polar surface area (TPSA) is 27.6 Å². The van der Waals surface area contributed by atoms with Crippen LogP contribution in [0.2, 0.25) is 0 Å². The summed E-state index contributed by atoms with van der Waals surface area (Å²) in [6.45, 7) is 10.5. The number of hydrogen-bond acceptors (Lipinski definition) is 0. The minimum atomic E-state index is -6.00. The molecule has 0 heterocycles. The standard InChI is InChI=1S/C9H22NP.BF4/c1-8(2)11(9(3)4)7-5-6-10;2-1(3,4)5/h8-9H,5-7,10H2,1-4H3;/q;-1/p+1. The summed E-state index contributed by atoms with van der Waals surface area (Å²) < 4.78 is 39.0. The van der Waals surface area contributed by atoms with E-state index in [1.54, 1.807) is 0 Å². The number of rotatable bonds is 5. The maximum Gasteiger partial charge on any atom is 0.673 e. The molecule has 0 aliphatic heterocycles. The van der Waals surface area contributed by atoms with Gasteiger partial charge in [0, 0.05) is 6.42 Å². The van der Waals surface area contributed by atoms with E-state index >= 15 is 0 Å². The quantitative estimate of drug-likeness (QED) is 0.448. The Kier molecular flexibility index (Phi) is 10.7. The first-order chi connectivity index (χ1) is 7.09. The molecule has 0 unspecified atom stereocenters. The van der Waals surface area contributed by atoms with Gasteiger partial charge in [0.2, 0.25) is 0 Å². The molecule has 0 aliphatic carbocycles. The minimum Gasteiger partial charge on any atom is -0.418 e. The molecule has 0 atom stereocenters. The summed E-state index contributed by atoms with van der Waals surface area (Å²) in [5.74, 6) is 0. The lowest BCUT2D eigenvalue weighted by Gasteiger charge is -2.25. The van der Waals surface area contributed by atoms with Gasteiger partial charge in [0.1, 0.15) is 0 Å². The zero-order valence-corrected chi connectivity index (χ0v) is 11.4. The van der Waals surface area contributed by atoms with Crippen molar-refractivity contribution in [3.63, 3.8) is 0 Å². The second kappa shape index (κ2) is 9.23. The van der Waals surface area contributed by atoms with E-state index in [1.165, 1.54) is 12.6 Å². The molecule has 0 aliphatic rings. The molecule has 0 saturated heterocycles. The van der Waals surface area contributed by atoms with Crippen molar-refractivity contribution in [1.82, 2.24) is 0 Å². The van der Waals surface area contributed by atoms with E-state index in [1.807, 2.05) is 0 Å². The molecule has 1 nitrogen and oxygen atoms in total. The van der Waals surface area contributed by atoms with Crippen LogP contribution in [0, 0.1) is 0 Å². The average molecular weight is 263 g/mol. The molecule has 0 rings (SSSR count). The van der Waals surface area contributed by atoms with Crippen LogP contribution in [0.1, 0.15) is 34.1 Å². The Morgan fingerprint density at radius 2 is 1.31 bits per heavy atom. The van der Waals surface area contributed by atoms with Gasteiger partial charge in [0.05, 0.1) is 6.54 Å². The van der Waals surface area contributed by atoms with E-state index in [0.717, 1.165) is 17.9 Å². The van der Waals surface area contributed by atoms with Crippen LogP contribution >= 0.6 is 7.92 Å². The highest BCUT2D eigenvalue weighted by Gasteiger charge is 2.20. The number of halogens is 4. The van der Waals surface area contributed by atoms with E-state index in [4.69, 9.17) is 0 Å². The Hall–Kier alpha value is 0.175. The highest BCUT2D eigenvalue weighted by molar-refractivity contribution is 7.59. The molecule has 16 heavy (non-hydrogen) atoms. The summed E-state index contributed by atoms with van der Waals surface area (Å²) >= 11 is 0. The summed E-state index contributed by atoms with van der Waals surface area (Å²) in [5, 5.41) is 0. The fourth-order valence-electron chi connectivity index (χ4n) is 1.41. The Morgan fingerprint density at radius 3 is 1.50 bits per heavy atom. The van der Waals surface area contributed by atoms with Crippen molar-refractivity contribution >= 4 is 15.2 Å². The van der Waals surface area contributed by atoms with Gasteiger partial charge in [-0.3, -0.25) is 0 Å². The van der Waals surface area contributed by atoms with Crippen LogP contribution in [-0.4, -0.2) is 31.3 Å². The van der Waals surface area contributed by atoms with Crippen molar-refractivity contribution in [2.45, 2.75) is 45.4 Å². The molecule has 7 heteroatoms. The third-order valence-corrected chi connectivity index (χ3v) is 5.48. The molecule has 3 N–H and O–H groups in total. The molecule has 0 amide bonds. The Morgan fingerprint density at radius 1 is 1.00 bits per heavy atom. The van der Waals surface area contributed by atoms with Crippen LogP contribution < -0.4 is 5.73 Å². The van der Waals surface area contributed by atoms with Crippen molar-refractivity contribution in [2.75, 3.05) is 12.7 Å². The summed E-state index contributed by atoms with van der Waals surface area (Å²) in [5.41, 5.74) is 5.69. The highest BCUT2D eigenvalue weighted by Crippen LogP contribution is 2.45. The predicted octanol–water partition coefficient (Wildman–Crippen LogP) is 3.22. The third-order valence-electron chi connectivity index (χ3n) is 1.99. The molecule has 0 aromatic rings. The monoisotopic (exact) mass is 263 g/mol. The molecule has 0 aromatic carbocycles. The van der Waals surface area contributed by atoms with Gasteiger partial charge in [0.25, 0.3) is 0 Å². The lowest BCUT2D eigenvalue weighted by molar-refractivity contribution is -0.367. The van der Waals surface area contributed by atoms with E-state index in [9.17, 15) is 17.3 Å². The second-order valence-corrected chi connectivity index (χ2v) is 7.67. The third kappa shape index (κ3) is 16.6. The second-order valence-electron chi connectivity index (χ2n) is 4.13. The first kappa shape index (κ1) is 18.5.